The van der Waals surface area contributed by atoms with Gasteiger partial charge in [-0.2, -0.15) is 0 Å². The number of carbonyl (C=O) groups is 3. The predicted octanol–water partition coefficient (Wildman–Crippen LogP) is 0.907. The predicted molar refractivity (Wildman–Crippen MR) is 78.5 cm³/mol. The van der Waals surface area contributed by atoms with Gasteiger partial charge in [0.05, 0.1) is 6.42 Å². The molecule has 6 nitrogen and oxygen atoms in total. The molecule has 2 atom stereocenters. The third-order valence-electron chi connectivity index (χ3n) is 3.92. The lowest BCUT2D eigenvalue weighted by molar-refractivity contribution is -0.143. The van der Waals surface area contributed by atoms with Crippen molar-refractivity contribution in [1.29, 1.82) is 0 Å². The quantitative estimate of drug-likeness (QED) is 0.839. The Kier molecular flexibility index (Phi) is 3.78. The van der Waals surface area contributed by atoms with E-state index in [2.05, 4.69) is 5.32 Å². The van der Waals surface area contributed by atoms with Gasteiger partial charge in [0.25, 0.3) is 5.91 Å². The van der Waals surface area contributed by atoms with E-state index in [1.54, 1.807) is 25.1 Å². The van der Waals surface area contributed by atoms with Gasteiger partial charge in [0.15, 0.2) is 6.10 Å². The lowest BCUT2D eigenvalue weighted by Gasteiger charge is -2.27. The molecule has 2 heterocycles. The van der Waals surface area contributed by atoms with Crippen LogP contribution in [0.25, 0.3) is 0 Å². The van der Waals surface area contributed by atoms with Gasteiger partial charge in [-0.25, -0.2) is 0 Å². The number of nitrogens with one attached hydrogen (secondary N) is 1. The summed E-state index contributed by atoms with van der Waals surface area (Å²) in [7, 11) is 0. The number of imide groups is 1. The van der Waals surface area contributed by atoms with Crippen LogP contribution in [-0.4, -0.2) is 41.3 Å². The van der Waals surface area contributed by atoms with Gasteiger partial charge in [-0.05, 0) is 30.7 Å². The highest BCUT2D eigenvalue weighted by atomic mass is 35.5. The standard InChI is InChI=1S/C15H15ClN2O4/c1-2-18(10-7-13(19)17-14(10)20)15(21)12-6-8-5-9(16)3-4-11(8)22-12/h3-5,10,12H,2,6-7H2,1H3,(H,17,19,20)/t10-,12+/m1/s1. The van der Waals surface area contributed by atoms with E-state index >= 15 is 0 Å². The molecule has 0 aromatic heterocycles. The first-order chi connectivity index (χ1) is 10.5. The summed E-state index contributed by atoms with van der Waals surface area (Å²) in [5, 5.41) is 2.81. The number of amides is 3. The lowest BCUT2D eigenvalue weighted by atomic mass is 10.1. The van der Waals surface area contributed by atoms with Gasteiger partial charge in [-0.1, -0.05) is 11.6 Å². The van der Waals surface area contributed by atoms with E-state index in [0.717, 1.165) is 5.56 Å². The third-order valence-corrected chi connectivity index (χ3v) is 4.15. The first-order valence-electron chi connectivity index (χ1n) is 7.09. The van der Waals surface area contributed by atoms with Crippen LogP contribution in [-0.2, 0) is 20.8 Å². The van der Waals surface area contributed by atoms with Crippen LogP contribution in [0.5, 0.6) is 5.75 Å². The first-order valence-corrected chi connectivity index (χ1v) is 7.46. The van der Waals surface area contributed by atoms with E-state index in [9.17, 15) is 14.4 Å². The van der Waals surface area contributed by atoms with E-state index in [4.69, 9.17) is 16.3 Å². The second-order valence-corrected chi connectivity index (χ2v) is 5.76. The van der Waals surface area contributed by atoms with Crippen molar-refractivity contribution >= 4 is 29.3 Å². The van der Waals surface area contributed by atoms with Gasteiger partial charge < -0.3 is 9.64 Å². The van der Waals surface area contributed by atoms with Crippen molar-refractivity contribution in [3.8, 4) is 5.75 Å². The molecule has 1 aromatic carbocycles. The van der Waals surface area contributed by atoms with Crippen molar-refractivity contribution in [2.24, 2.45) is 0 Å². The van der Waals surface area contributed by atoms with E-state index < -0.39 is 18.1 Å². The normalized spacial score (nSPS) is 23.0. The Morgan fingerprint density at radius 1 is 1.41 bits per heavy atom. The molecule has 1 aromatic rings. The number of halogens is 1. The Morgan fingerprint density at radius 2 is 2.18 bits per heavy atom. The minimum atomic E-state index is -0.749. The Bertz CT molecular complexity index is 661. The Labute approximate surface area is 132 Å². The van der Waals surface area contributed by atoms with Crippen LogP contribution in [0.3, 0.4) is 0 Å². The fraction of sp³-hybridized carbons (Fsp3) is 0.400. The average Bonchev–Trinajstić information content (AvgIpc) is 3.02. The maximum Gasteiger partial charge on any atom is 0.264 e. The zero-order valence-electron chi connectivity index (χ0n) is 12.0. The highest BCUT2D eigenvalue weighted by Gasteiger charge is 2.41. The van der Waals surface area contributed by atoms with Crippen LogP contribution in [0, 0.1) is 0 Å². The molecule has 7 heteroatoms. The van der Waals surface area contributed by atoms with Gasteiger partial charge in [0, 0.05) is 18.0 Å². The molecule has 1 saturated heterocycles. The van der Waals surface area contributed by atoms with Gasteiger partial charge in [-0.15, -0.1) is 0 Å². The second-order valence-electron chi connectivity index (χ2n) is 5.32. The molecule has 22 heavy (non-hydrogen) atoms. The summed E-state index contributed by atoms with van der Waals surface area (Å²) < 4.78 is 5.66. The molecular weight excluding hydrogens is 308 g/mol. The Balaban J connectivity index is 1.76. The van der Waals surface area contributed by atoms with E-state index in [1.807, 2.05) is 0 Å². The molecule has 0 saturated carbocycles. The number of hydrogen-bond acceptors (Lipinski definition) is 4. The second kappa shape index (κ2) is 5.61. The van der Waals surface area contributed by atoms with Crippen molar-refractivity contribution < 1.29 is 19.1 Å². The SMILES string of the molecule is CCN(C(=O)[C@@H]1Cc2cc(Cl)ccc2O1)[C@@H]1CC(=O)NC1=O. The van der Waals surface area contributed by atoms with E-state index in [-0.39, 0.29) is 18.2 Å². The molecule has 0 spiro atoms. The largest absolute Gasteiger partial charge is 0.480 e. The van der Waals surface area contributed by atoms with Crippen LogP contribution >= 0.6 is 11.6 Å². The highest BCUT2D eigenvalue weighted by molar-refractivity contribution is 6.30. The number of likely N-dealkylation sites (N-methyl/N-ethyl adjacent to an activating group) is 1. The number of fused-ring (bicyclic) bond motifs is 1. The molecule has 3 rings (SSSR count). The molecular formula is C15H15ClN2O4. The molecule has 0 bridgehead atoms. The minimum Gasteiger partial charge on any atom is -0.480 e. The van der Waals surface area contributed by atoms with E-state index in [1.165, 1.54) is 4.90 Å². The van der Waals surface area contributed by atoms with Crippen molar-refractivity contribution in [2.75, 3.05) is 6.54 Å². The van der Waals surface area contributed by atoms with Crippen LogP contribution < -0.4 is 10.1 Å². The Hall–Kier alpha value is -2.08. The zero-order chi connectivity index (χ0) is 15.9. The topological polar surface area (TPSA) is 75.7 Å². The molecule has 3 amide bonds. The Morgan fingerprint density at radius 3 is 2.82 bits per heavy atom. The van der Waals surface area contributed by atoms with Crippen molar-refractivity contribution in [3.63, 3.8) is 0 Å². The number of ether oxygens (including phenoxy) is 1. The molecule has 0 aliphatic carbocycles. The smallest absolute Gasteiger partial charge is 0.264 e. The number of carbonyl (C=O) groups excluding carboxylic acids is 3. The van der Waals surface area contributed by atoms with Crippen molar-refractivity contribution in [1.82, 2.24) is 10.2 Å². The van der Waals surface area contributed by atoms with Crippen LogP contribution in [0.4, 0.5) is 0 Å². The number of nitrogens with zero attached hydrogens (tertiary/aromatic N) is 1. The average molecular weight is 323 g/mol. The van der Waals surface area contributed by atoms with Gasteiger partial charge in [0.1, 0.15) is 11.8 Å². The fourth-order valence-electron chi connectivity index (χ4n) is 2.86. The third kappa shape index (κ3) is 2.54. The highest BCUT2D eigenvalue weighted by Crippen LogP contribution is 2.32. The molecule has 2 aliphatic rings. The summed E-state index contributed by atoms with van der Waals surface area (Å²) in [5.74, 6) is -0.446. The lowest BCUT2D eigenvalue weighted by Crippen LogP contribution is -2.49. The molecule has 1 N–H and O–H groups in total. The maximum atomic E-state index is 12.6. The van der Waals surface area contributed by atoms with Crippen LogP contribution in [0.15, 0.2) is 18.2 Å². The number of benzene rings is 1. The minimum absolute atomic E-state index is 0.00388. The van der Waals surface area contributed by atoms with Crippen LogP contribution in [0.1, 0.15) is 18.9 Å². The molecule has 116 valence electrons. The van der Waals surface area contributed by atoms with Crippen molar-refractivity contribution in [3.05, 3.63) is 28.8 Å². The summed E-state index contributed by atoms with van der Waals surface area (Å²) in [6, 6.07) is 4.45. The number of hydrogen-bond donors (Lipinski definition) is 1. The van der Waals surface area contributed by atoms with Crippen molar-refractivity contribution in [2.45, 2.75) is 31.9 Å². The summed E-state index contributed by atoms with van der Waals surface area (Å²) in [6.45, 7) is 2.11. The van der Waals surface area contributed by atoms with Gasteiger partial charge in [-0.3, -0.25) is 19.7 Å². The van der Waals surface area contributed by atoms with E-state index in [0.29, 0.717) is 23.7 Å². The first kappa shape index (κ1) is 14.8. The summed E-state index contributed by atoms with van der Waals surface area (Å²) in [4.78, 5) is 37.2. The fourth-order valence-corrected chi connectivity index (χ4v) is 3.06. The zero-order valence-corrected chi connectivity index (χ0v) is 12.7. The molecule has 0 unspecified atom stereocenters. The molecule has 1 fully saturated rings. The summed E-state index contributed by atoms with van der Waals surface area (Å²) in [6.07, 6.45) is -0.269. The summed E-state index contributed by atoms with van der Waals surface area (Å²) >= 11 is 5.94. The van der Waals surface area contributed by atoms with Crippen LogP contribution in [0.2, 0.25) is 5.02 Å². The van der Waals surface area contributed by atoms with Gasteiger partial charge in [0.2, 0.25) is 11.8 Å². The summed E-state index contributed by atoms with van der Waals surface area (Å²) in [5.41, 5.74) is 0.869. The maximum absolute atomic E-state index is 12.6. The molecule has 0 radical (unpaired) electrons. The molecule has 2 aliphatic heterocycles. The number of rotatable bonds is 3. The monoisotopic (exact) mass is 322 g/mol. The van der Waals surface area contributed by atoms with Gasteiger partial charge >= 0.3 is 0 Å².